The first kappa shape index (κ1) is 20.9. The summed E-state index contributed by atoms with van der Waals surface area (Å²) >= 11 is 0. The van der Waals surface area contributed by atoms with E-state index in [0.717, 1.165) is 45.2 Å². The van der Waals surface area contributed by atoms with Crippen molar-refractivity contribution < 1.29 is 13.2 Å². The minimum absolute atomic E-state index is 0. The van der Waals surface area contributed by atoms with E-state index >= 15 is 0 Å². The molecule has 2 aliphatic heterocycles. The number of nitrogens with zero attached hydrogens (tertiary/aromatic N) is 1. The van der Waals surface area contributed by atoms with Gasteiger partial charge in [0, 0.05) is 25.7 Å². The number of sulfonamides is 1. The lowest BCUT2D eigenvalue weighted by atomic mass is 9.67. The Bertz CT molecular complexity index is 563. The van der Waals surface area contributed by atoms with Gasteiger partial charge in [-0.3, -0.25) is 4.79 Å². The minimum Gasteiger partial charge on any atom is -0.353 e. The van der Waals surface area contributed by atoms with Gasteiger partial charge in [-0.15, -0.1) is 12.4 Å². The number of halogens is 1. The quantitative estimate of drug-likeness (QED) is 0.742. The molecule has 6 nitrogen and oxygen atoms in total. The predicted molar refractivity (Wildman–Crippen MR) is 101 cm³/mol. The van der Waals surface area contributed by atoms with Crippen LogP contribution in [0.5, 0.6) is 0 Å². The number of nitrogens with one attached hydrogen (secondary N) is 2. The first-order valence-electron chi connectivity index (χ1n) is 9.47. The number of fused-ring (bicyclic) bond motifs is 1. The van der Waals surface area contributed by atoms with Gasteiger partial charge in [0.1, 0.15) is 0 Å². The predicted octanol–water partition coefficient (Wildman–Crippen LogP) is 1.51. The van der Waals surface area contributed by atoms with Gasteiger partial charge in [0.05, 0.1) is 11.2 Å². The van der Waals surface area contributed by atoms with Crippen molar-refractivity contribution >= 4 is 28.3 Å². The van der Waals surface area contributed by atoms with Crippen LogP contribution >= 0.6 is 12.4 Å². The third kappa shape index (κ3) is 4.31. The fourth-order valence-electron chi connectivity index (χ4n) is 4.68. The maximum atomic E-state index is 13.0. The highest BCUT2D eigenvalue weighted by Crippen LogP contribution is 2.44. The molecule has 146 valence electrons. The zero-order valence-electron chi connectivity index (χ0n) is 15.1. The smallest absolute Gasteiger partial charge is 0.228 e. The van der Waals surface area contributed by atoms with Gasteiger partial charge in [-0.2, -0.15) is 0 Å². The summed E-state index contributed by atoms with van der Waals surface area (Å²) in [6, 6.07) is 0.114. The molecule has 2 N–H and O–H groups in total. The average Bonchev–Trinajstić information content (AvgIpc) is 3.00. The average molecular weight is 394 g/mol. The molecule has 0 radical (unpaired) electrons. The van der Waals surface area contributed by atoms with Gasteiger partial charge < -0.3 is 10.6 Å². The molecule has 3 aliphatic rings. The molecule has 2 saturated heterocycles. The van der Waals surface area contributed by atoms with Crippen LogP contribution in [0.3, 0.4) is 0 Å². The van der Waals surface area contributed by atoms with Crippen LogP contribution < -0.4 is 10.6 Å². The van der Waals surface area contributed by atoms with Crippen molar-refractivity contribution in [2.75, 3.05) is 31.9 Å². The van der Waals surface area contributed by atoms with Crippen LogP contribution in [0.4, 0.5) is 0 Å². The Morgan fingerprint density at radius 2 is 1.96 bits per heavy atom. The molecule has 0 bridgehead atoms. The highest BCUT2D eigenvalue weighted by atomic mass is 35.5. The second-order valence-corrected chi connectivity index (χ2v) is 9.78. The number of carbonyl (C=O) groups is 1. The van der Waals surface area contributed by atoms with E-state index < -0.39 is 10.0 Å². The molecule has 0 unspecified atom stereocenters. The summed E-state index contributed by atoms with van der Waals surface area (Å²) < 4.78 is 25.9. The summed E-state index contributed by atoms with van der Waals surface area (Å²) in [6.45, 7) is 4.71. The SMILES string of the molecule is CCCS(=O)(=O)N1CCC(NC(=O)[C@@]23CCCC[C@H]2CNC3)CC1.Cl. The van der Waals surface area contributed by atoms with Gasteiger partial charge in [-0.05, 0) is 44.6 Å². The van der Waals surface area contributed by atoms with Crippen molar-refractivity contribution in [1.29, 1.82) is 0 Å². The van der Waals surface area contributed by atoms with Crippen LogP contribution in [0.1, 0.15) is 51.9 Å². The Balaban J connectivity index is 0.00000225. The number of piperidine rings is 1. The van der Waals surface area contributed by atoms with Crippen LogP contribution in [0.25, 0.3) is 0 Å². The number of hydrogen-bond acceptors (Lipinski definition) is 4. The second kappa shape index (κ2) is 8.55. The summed E-state index contributed by atoms with van der Waals surface area (Å²) in [5.74, 6) is 0.892. The monoisotopic (exact) mass is 393 g/mol. The van der Waals surface area contributed by atoms with Crippen molar-refractivity contribution in [3.8, 4) is 0 Å². The van der Waals surface area contributed by atoms with Crippen LogP contribution in [0, 0.1) is 11.3 Å². The molecule has 2 heterocycles. The van der Waals surface area contributed by atoms with E-state index in [1.165, 1.54) is 6.42 Å². The van der Waals surface area contributed by atoms with Gasteiger partial charge in [0.2, 0.25) is 15.9 Å². The maximum Gasteiger partial charge on any atom is 0.228 e. The highest BCUT2D eigenvalue weighted by molar-refractivity contribution is 7.89. The van der Waals surface area contributed by atoms with Crippen LogP contribution in [0.15, 0.2) is 0 Å². The molecule has 8 heteroatoms. The van der Waals surface area contributed by atoms with E-state index in [-0.39, 0.29) is 35.5 Å². The molecule has 0 spiro atoms. The number of rotatable bonds is 5. The molecule has 3 rings (SSSR count). The number of carbonyl (C=O) groups excluding carboxylic acids is 1. The zero-order chi connectivity index (χ0) is 17.2. The van der Waals surface area contributed by atoms with Crippen molar-refractivity contribution in [3.63, 3.8) is 0 Å². The van der Waals surface area contributed by atoms with E-state index in [0.29, 0.717) is 25.4 Å². The summed E-state index contributed by atoms with van der Waals surface area (Å²) in [5.41, 5.74) is -0.219. The van der Waals surface area contributed by atoms with Gasteiger partial charge in [0.15, 0.2) is 0 Å². The van der Waals surface area contributed by atoms with Crippen molar-refractivity contribution in [2.45, 2.75) is 57.9 Å². The summed E-state index contributed by atoms with van der Waals surface area (Å²) in [7, 11) is -3.11. The van der Waals surface area contributed by atoms with Crippen molar-refractivity contribution in [3.05, 3.63) is 0 Å². The molecule has 3 fully saturated rings. The van der Waals surface area contributed by atoms with E-state index in [1.807, 2.05) is 6.92 Å². The molecule has 0 aromatic carbocycles. The van der Waals surface area contributed by atoms with E-state index in [4.69, 9.17) is 0 Å². The van der Waals surface area contributed by atoms with Crippen molar-refractivity contribution in [1.82, 2.24) is 14.9 Å². The van der Waals surface area contributed by atoms with Gasteiger partial charge in [-0.1, -0.05) is 19.8 Å². The largest absolute Gasteiger partial charge is 0.353 e. The molecule has 0 aromatic heterocycles. The Morgan fingerprint density at radius 1 is 1.24 bits per heavy atom. The first-order valence-corrected chi connectivity index (χ1v) is 11.1. The lowest BCUT2D eigenvalue weighted by Gasteiger charge is -2.39. The molecular weight excluding hydrogens is 362 g/mol. The van der Waals surface area contributed by atoms with Gasteiger partial charge in [-0.25, -0.2) is 12.7 Å². The summed E-state index contributed by atoms with van der Waals surface area (Å²) in [6.07, 6.45) is 6.60. The number of amides is 1. The fourth-order valence-corrected chi connectivity index (χ4v) is 6.23. The van der Waals surface area contributed by atoms with Crippen molar-refractivity contribution in [2.24, 2.45) is 11.3 Å². The van der Waals surface area contributed by atoms with E-state index in [9.17, 15) is 13.2 Å². The van der Waals surface area contributed by atoms with E-state index in [2.05, 4.69) is 10.6 Å². The third-order valence-corrected chi connectivity index (χ3v) is 8.21. The highest BCUT2D eigenvalue weighted by Gasteiger charge is 2.50. The molecule has 1 saturated carbocycles. The molecular formula is C17H32ClN3O3S. The second-order valence-electron chi connectivity index (χ2n) is 7.69. The van der Waals surface area contributed by atoms with Gasteiger partial charge in [0.25, 0.3) is 0 Å². The topological polar surface area (TPSA) is 78.5 Å². The molecule has 1 aliphatic carbocycles. The maximum absolute atomic E-state index is 13.0. The van der Waals surface area contributed by atoms with Crippen LogP contribution in [-0.4, -0.2) is 56.6 Å². The minimum atomic E-state index is -3.11. The Hall–Kier alpha value is -0.370. The zero-order valence-corrected chi connectivity index (χ0v) is 16.8. The molecule has 0 aromatic rings. The third-order valence-electron chi connectivity index (χ3n) is 6.13. The fraction of sp³-hybridized carbons (Fsp3) is 0.941. The summed E-state index contributed by atoms with van der Waals surface area (Å²) in [4.78, 5) is 13.0. The Morgan fingerprint density at radius 3 is 2.64 bits per heavy atom. The van der Waals surface area contributed by atoms with Crippen LogP contribution in [-0.2, 0) is 14.8 Å². The Kier molecular flexibility index (Phi) is 7.16. The van der Waals surface area contributed by atoms with Crippen LogP contribution in [0.2, 0.25) is 0 Å². The number of hydrogen-bond donors (Lipinski definition) is 2. The van der Waals surface area contributed by atoms with Gasteiger partial charge >= 0.3 is 0 Å². The molecule has 25 heavy (non-hydrogen) atoms. The molecule has 2 atom stereocenters. The standard InChI is InChI=1S/C17H31N3O3S.ClH/c1-2-11-24(22,23)20-9-6-15(7-10-20)19-16(21)17-8-4-3-5-14(17)12-18-13-17;/h14-15,18H,2-13H2,1H3,(H,19,21);1H/t14-,17+;/m0./s1. The summed E-state index contributed by atoms with van der Waals surface area (Å²) in [5, 5.41) is 6.67. The Labute approximate surface area is 157 Å². The lowest BCUT2D eigenvalue weighted by Crippen LogP contribution is -2.53. The normalized spacial score (nSPS) is 31.2. The molecule has 1 amide bonds. The first-order chi connectivity index (χ1) is 11.5. The van der Waals surface area contributed by atoms with E-state index in [1.54, 1.807) is 4.31 Å². The lowest BCUT2D eigenvalue weighted by molar-refractivity contribution is -0.135.